The van der Waals surface area contributed by atoms with Gasteiger partial charge >= 0.3 is 11.9 Å². The smallest absolute Gasteiger partial charge is 0.326 e. The molecule has 3 N–H and O–H groups in total. The first-order valence-electron chi connectivity index (χ1n) is 7.26. The quantitative estimate of drug-likeness (QED) is 0.676. The molecule has 5 nitrogen and oxygen atoms in total. The Morgan fingerprint density at radius 3 is 2.54 bits per heavy atom. The summed E-state index contributed by atoms with van der Waals surface area (Å²) < 4.78 is 52.7. The molecular formula is C16H11ClF4N4O. The fourth-order valence-corrected chi connectivity index (χ4v) is 2.55. The van der Waals surface area contributed by atoms with Crippen LogP contribution in [-0.4, -0.2) is 14.8 Å². The molecule has 0 aliphatic heterocycles. The Balaban J connectivity index is 2.09. The van der Waals surface area contributed by atoms with Gasteiger partial charge in [-0.05, 0) is 35.9 Å². The summed E-state index contributed by atoms with van der Waals surface area (Å²) in [5, 5.41) is 4.22. The van der Waals surface area contributed by atoms with Crippen LogP contribution in [0.4, 0.5) is 17.6 Å². The summed E-state index contributed by atoms with van der Waals surface area (Å²) in [4.78, 5) is 14.5. The van der Waals surface area contributed by atoms with Crippen LogP contribution in [-0.2, 0) is 12.7 Å². The average Bonchev–Trinajstić information content (AvgIpc) is 2.96. The predicted octanol–water partition coefficient (Wildman–Crippen LogP) is 3.50. The number of nitrogens with two attached hydrogens (primary N) is 1. The first kappa shape index (κ1) is 18.2. The van der Waals surface area contributed by atoms with Crippen molar-refractivity contribution in [2.45, 2.75) is 12.7 Å². The molecule has 1 aromatic heterocycles. The third-order valence-electron chi connectivity index (χ3n) is 3.64. The molecule has 0 saturated carbocycles. The lowest BCUT2D eigenvalue weighted by molar-refractivity contribution is -0.137. The van der Waals surface area contributed by atoms with Gasteiger partial charge in [-0.25, -0.2) is 9.18 Å². The second-order valence-corrected chi connectivity index (χ2v) is 5.78. The molecular weight excluding hydrogens is 376 g/mol. The third kappa shape index (κ3) is 3.35. The Morgan fingerprint density at radius 2 is 1.92 bits per heavy atom. The van der Waals surface area contributed by atoms with Crippen molar-refractivity contribution in [3.05, 3.63) is 68.8 Å². The normalized spacial score (nSPS) is 11.8. The van der Waals surface area contributed by atoms with Crippen molar-refractivity contribution >= 4 is 11.6 Å². The highest BCUT2D eigenvalue weighted by atomic mass is 35.5. The molecule has 2 aromatic carbocycles. The number of aromatic amines is 1. The van der Waals surface area contributed by atoms with E-state index < -0.39 is 28.9 Å². The van der Waals surface area contributed by atoms with Crippen molar-refractivity contribution in [3.8, 4) is 17.1 Å². The van der Waals surface area contributed by atoms with Crippen LogP contribution in [0.2, 0.25) is 5.02 Å². The van der Waals surface area contributed by atoms with Gasteiger partial charge in [-0.2, -0.15) is 17.9 Å². The van der Waals surface area contributed by atoms with Gasteiger partial charge in [0.1, 0.15) is 11.5 Å². The van der Waals surface area contributed by atoms with E-state index in [1.807, 2.05) is 0 Å². The van der Waals surface area contributed by atoms with Crippen LogP contribution >= 0.6 is 11.6 Å². The minimum atomic E-state index is -4.70. The first-order chi connectivity index (χ1) is 12.2. The molecule has 3 aromatic rings. The van der Waals surface area contributed by atoms with E-state index >= 15 is 0 Å². The molecule has 0 unspecified atom stereocenters. The Hall–Kier alpha value is -2.65. The molecule has 26 heavy (non-hydrogen) atoms. The monoisotopic (exact) mass is 386 g/mol. The molecule has 0 fully saturated rings. The SMILES string of the molecule is NCc1ccc(Cl)c(-c2nn(-c3ccc(C(F)(F)F)cc3F)c(=O)[nH]2)c1. The Kier molecular flexibility index (Phi) is 4.59. The van der Waals surface area contributed by atoms with E-state index in [-0.39, 0.29) is 17.4 Å². The molecule has 0 aliphatic rings. The summed E-state index contributed by atoms with van der Waals surface area (Å²) in [7, 11) is 0. The molecule has 136 valence electrons. The fourth-order valence-electron chi connectivity index (χ4n) is 2.34. The van der Waals surface area contributed by atoms with E-state index in [0.717, 1.165) is 11.6 Å². The summed E-state index contributed by atoms with van der Waals surface area (Å²) in [6.45, 7) is 0.225. The van der Waals surface area contributed by atoms with Gasteiger partial charge in [-0.3, -0.25) is 4.98 Å². The summed E-state index contributed by atoms with van der Waals surface area (Å²) in [6, 6.07) is 6.67. The molecule has 10 heteroatoms. The highest BCUT2D eigenvalue weighted by Crippen LogP contribution is 2.31. The molecule has 0 amide bonds. The molecule has 0 saturated heterocycles. The van der Waals surface area contributed by atoms with Gasteiger partial charge in [0.15, 0.2) is 5.82 Å². The fraction of sp³-hybridized carbons (Fsp3) is 0.125. The lowest BCUT2D eigenvalue weighted by Gasteiger charge is -2.08. The van der Waals surface area contributed by atoms with E-state index in [1.54, 1.807) is 18.2 Å². The van der Waals surface area contributed by atoms with Crippen LogP contribution in [0.3, 0.4) is 0 Å². The van der Waals surface area contributed by atoms with Gasteiger partial charge < -0.3 is 5.73 Å². The van der Waals surface area contributed by atoms with Crippen LogP contribution < -0.4 is 11.4 Å². The number of hydrogen-bond acceptors (Lipinski definition) is 3. The lowest BCUT2D eigenvalue weighted by atomic mass is 10.1. The Labute approximate surface area is 149 Å². The van der Waals surface area contributed by atoms with Crippen molar-refractivity contribution in [2.75, 3.05) is 0 Å². The van der Waals surface area contributed by atoms with E-state index in [1.165, 1.54) is 0 Å². The number of rotatable bonds is 3. The van der Waals surface area contributed by atoms with Crippen molar-refractivity contribution in [1.29, 1.82) is 0 Å². The highest BCUT2D eigenvalue weighted by Gasteiger charge is 2.31. The molecule has 0 radical (unpaired) electrons. The number of hydrogen-bond donors (Lipinski definition) is 2. The van der Waals surface area contributed by atoms with Gasteiger partial charge in [0.2, 0.25) is 0 Å². The number of H-pyrrole nitrogens is 1. The highest BCUT2D eigenvalue weighted by molar-refractivity contribution is 6.33. The number of nitrogens with zero attached hydrogens (tertiary/aromatic N) is 2. The van der Waals surface area contributed by atoms with Crippen LogP contribution in [0.25, 0.3) is 17.1 Å². The lowest BCUT2D eigenvalue weighted by Crippen LogP contribution is -2.18. The Morgan fingerprint density at radius 1 is 1.19 bits per heavy atom. The Bertz CT molecular complexity index is 1030. The first-order valence-corrected chi connectivity index (χ1v) is 7.64. The predicted molar refractivity (Wildman–Crippen MR) is 87.5 cm³/mol. The molecule has 0 spiro atoms. The van der Waals surface area contributed by atoms with Gasteiger partial charge in [0, 0.05) is 12.1 Å². The molecule has 0 atom stereocenters. The van der Waals surface area contributed by atoms with Crippen molar-refractivity contribution < 1.29 is 17.6 Å². The summed E-state index contributed by atoms with van der Waals surface area (Å²) in [6.07, 6.45) is -4.70. The van der Waals surface area contributed by atoms with E-state index in [0.29, 0.717) is 22.4 Å². The van der Waals surface area contributed by atoms with Gasteiger partial charge in [-0.15, -0.1) is 5.10 Å². The van der Waals surface area contributed by atoms with Crippen LogP contribution in [0, 0.1) is 5.82 Å². The van der Waals surface area contributed by atoms with Crippen LogP contribution in [0.15, 0.2) is 41.2 Å². The molecule has 0 bridgehead atoms. The summed E-state index contributed by atoms with van der Waals surface area (Å²) in [5.41, 5.74) is 4.23. The van der Waals surface area contributed by atoms with Crippen LogP contribution in [0.5, 0.6) is 0 Å². The summed E-state index contributed by atoms with van der Waals surface area (Å²) >= 11 is 6.09. The van der Waals surface area contributed by atoms with Crippen molar-refractivity contribution in [3.63, 3.8) is 0 Å². The van der Waals surface area contributed by atoms with Gasteiger partial charge in [-0.1, -0.05) is 17.7 Å². The molecule has 1 heterocycles. The zero-order valence-corrected chi connectivity index (χ0v) is 13.7. The maximum atomic E-state index is 14.1. The largest absolute Gasteiger partial charge is 0.416 e. The van der Waals surface area contributed by atoms with Gasteiger partial charge in [0.25, 0.3) is 0 Å². The average molecular weight is 387 g/mol. The maximum Gasteiger partial charge on any atom is 0.416 e. The number of nitrogens with one attached hydrogen (secondary N) is 1. The summed E-state index contributed by atoms with van der Waals surface area (Å²) in [5.74, 6) is -1.20. The number of alkyl halides is 3. The van der Waals surface area contributed by atoms with Crippen molar-refractivity contribution in [2.24, 2.45) is 5.73 Å². The second-order valence-electron chi connectivity index (χ2n) is 5.37. The maximum absolute atomic E-state index is 14.1. The third-order valence-corrected chi connectivity index (χ3v) is 3.97. The second kappa shape index (κ2) is 6.58. The van der Waals surface area contributed by atoms with Gasteiger partial charge in [0.05, 0.1) is 10.6 Å². The van der Waals surface area contributed by atoms with E-state index in [4.69, 9.17) is 17.3 Å². The van der Waals surface area contributed by atoms with Crippen LogP contribution in [0.1, 0.15) is 11.1 Å². The molecule has 0 aliphatic carbocycles. The van der Waals surface area contributed by atoms with E-state index in [9.17, 15) is 22.4 Å². The number of aromatic nitrogens is 3. The number of halogens is 5. The topological polar surface area (TPSA) is 76.7 Å². The zero-order chi connectivity index (χ0) is 19.1. The standard InChI is InChI=1S/C16H11ClF4N4O/c17-11-3-1-8(7-22)5-10(11)14-23-15(26)25(24-14)13-4-2-9(6-12(13)18)16(19,20)21/h1-6H,7,22H2,(H,23,24,26). The van der Waals surface area contributed by atoms with Crippen molar-refractivity contribution in [1.82, 2.24) is 14.8 Å². The minimum absolute atomic E-state index is 0.0367. The minimum Gasteiger partial charge on any atom is -0.326 e. The molecule has 3 rings (SSSR count). The number of benzene rings is 2. The van der Waals surface area contributed by atoms with E-state index in [2.05, 4.69) is 10.1 Å². The zero-order valence-electron chi connectivity index (χ0n) is 12.9.